The number of aryl methyl sites for hydroxylation is 1. The smallest absolute Gasteiger partial charge is 0.168 e. The predicted molar refractivity (Wildman–Crippen MR) is 151 cm³/mol. The van der Waals surface area contributed by atoms with Gasteiger partial charge in [0, 0.05) is 37.0 Å². The van der Waals surface area contributed by atoms with Gasteiger partial charge in [-0.3, -0.25) is 20.4 Å². The zero-order chi connectivity index (χ0) is 25.9. The minimum atomic E-state index is -0.726. The number of carbonyl (C=O) groups excluding carboxylic acids is 1. The number of anilines is 1. The molecule has 2 heterocycles. The van der Waals surface area contributed by atoms with E-state index in [9.17, 15) is 4.79 Å². The summed E-state index contributed by atoms with van der Waals surface area (Å²) < 4.78 is 0. The first-order valence-corrected chi connectivity index (χ1v) is 13.5. The molecule has 0 radical (unpaired) electrons. The Morgan fingerprint density at radius 3 is 2.61 bits per heavy atom. The van der Waals surface area contributed by atoms with Crippen LogP contribution >= 0.6 is 35.0 Å². The molecule has 2 aromatic rings. The van der Waals surface area contributed by atoms with Gasteiger partial charge in [0.05, 0.1) is 10.0 Å². The van der Waals surface area contributed by atoms with E-state index >= 15 is 0 Å². The highest BCUT2D eigenvalue weighted by molar-refractivity contribution is 8.02. The number of amidine groups is 1. The molecule has 0 fully saturated rings. The number of rotatable bonds is 7. The first-order valence-electron chi connectivity index (χ1n) is 11.9. The Bertz CT molecular complexity index is 1180. The topological polar surface area (TPSA) is 84.4 Å². The number of carbonyl (C=O) groups is 1. The third kappa shape index (κ3) is 5.01. The van der Waals surface area contributed by atoms with Crippen molar-refractivity contribution in [3.63, 3.8) is 0 Å². The van der Waals surface area contributed by atoms with Crippen LogP contribution in [-0.2, 0) is 11.2 Å². The van der Waals surface area contributed by atoms with Crippen molar-refractivity contribution in [1.29, 1.82) is 0 Å². The maximum atomic E-state index is 11.7. The lowest BCUT2D eigenvalue weighted by molar-refractivity contribution is -0.110. The van der Waals surface area contributed by atoms with Gasteiger partial charge in [0.15, 0.2) is 16.7 Å². The predicted octanol–water partition coefficient (Wildman–Crippen LogP) is 3.72. The lowest BCUT2D eigenvalue weighted by Crippen LogP contribution is -2.63. The summed E-state index contributed by atoms with van der Waals surface area (Å²) in [5.74, 6) is 0.880. The van der Waals surface area contributed by atoms with E-state index in [1.165, 1.54) is 17.3 Å². The molecule has 0 saturated heterocycles. The van der Waals surface area contributed by atoms with E-state index in [0.29, 0.717) is 16.6 Å². The number of aliphatic imine (C=N–C) groups is 1. The number of thioether (sulfide) groups is 1. The highest BCUT2D eigenvalue weighted by atomic mass is 35.5. The molecule has 1 atom stereocenters. The van der Waals surface area contributed by atoms with E-state index in [2.05, 4.69) is 39.2 Å². The van der Waals surface area contributed by atoms with Gasteiger partial charge in [-0.15, -0.1) is 0 Å². The molecule has 11 heteroatoms. The summed E-state index contributed by atoms with van der Waals surface area (Å²) >= 11 is 14.0. The third-order valence-corrected chi connectivity index (χ3v) is 8.59. The summed E-state index contributed by atoms with van der Waals surface area (Å²) in [7, 11) is 5.48. The average molecular weight is 549 g/mol. The Hall–Kier alpha value is -2.14. The van der Waals surface area contributed by atoms with Crippen LogP contribution in [0.4, 0.5) is 5.69 Å². The molecule has 0 amide bonds. The molecule has 36 heavy (non-hydrogen) atoms. The van der Waals surface area contributed by atoms with Crippen LogP contribution in [-0.4, -0.2) is 67.6 Å². The molecule has 0 bridgehead atoms. The van der Waals surface area contributed by atoms with Crippen LogP contribution in [0.25, 0.3) is 0 Å². The number of hydrogen-bond donors (Lipinski definition) is 3. The molecule has 192 valence electrons. The first-order chi connectivity index (χ1) is 17.4. The lowest BCUT2D eigenvalue weighted by atomic mass is 9.95. The fourth-order valence-electron chi connectivity index (χ4n) is 4.61. The van der Waals surface area contributed by atoms with E-state index < -0.39 is 10.4 Å². The van der Waals surface area contributed by atoms with Crippen molar-refractivity contribution < 1.29 is 4.79 Å². The third-order valence-electron chi connectivity index (χ3n) is 6.34. The highest BCUT2D eigenvalue weighted by Crippen LogP contribution is 2.36. The highest BCUT2D eigenvalue weighted by Gasteiger charge is 2.43. The van der Waals surface area contributed by atoms with Gasteiger partial charge in [-0.2, -0.15) is 5.10 Å². The number of nitrogens with zero attached hydrogens (tertiary/aromatic N) is 4. The summed E-state index contributed by atoms with van der Waals surface area (Å²) in [4.78, 5) is 18.1. The summed E-state index contributed by atoms with van der Waals surface area (Å²) in [6.45, 7) is 3.53. The van der Waals surface area contributed by atoms with Gasteiger partial charge in [0.1, 0.15) is 11.5 Å². The number of nitrogens with one attached hydrogen (secondary N) is 3. The Labute approximate surface area is 226 Å². The van der Waals surface area contributed by atoms with Gasteiger partial charge in [0.2, 0.25) is 0 Å². The molecule has 2 aliphatic heterocycles. The lowest BCUT2D eigenvalue weighted by Gasteiger charge is -2.42. The van der Waals surface area contributed by atoms with E-state index in [0.717, 1.165) is 54.0 Å². The minimum Gasteiger partial charge on any atom is -0.326 e. The SMILES string of the molecule is CCN=C(c1ccc(Cl)c(Cl)c1)N1CCCc2cc(C3=NN(NC)C(C=O)SC3(NC)NC)ccc21. The zero-order valence-electron chi connectivity index (χ0n) is 20.8. The van der Waals surface area contributed by atoms with Gasteiger partial charge >= 0.3 is 0 Å². The number of hydrazine groups is 1. The number of fused-ring (bicyclic) bond motifs is 1. The van der Waals surface area contributed by atoms with E-state index in [-0.39, 0.29) is 0 Å². The number of halogens is 2. The number of benzene rings is 2. The molecule has 1 unspecified atom stereocenters. The van der Waals surface area contributed by atoms with Crippen molar-refractivity contribution in [2.24, 2.45) is 10.1 Å². The Morgan fingerprint density at radius 2 is 1.97 bits per heavy atom. The van der Waals surface area contributed by atoms with Crippen molar-refractivity contribution in [3.8, 4) is 0 Å². The van der Waals surface area contributed by atoms with Crippen molar-refractivity contribution in [3.05, 3.63) is 63.1 Å². The molecule has 0 aromatic heterocycles. The maximum absolute atomic E-state index is 11.7. The van der Waals surface area contributed by atoms with Crippen molar-refractivity contribution in [2.75, 3.05) is 39.1 Å². The summed E-state index contributed by atoms with van der Waals surface area (Å²) in [5.41, 5.74) is 8.03. The fraction of sp³-hybridized carbons (Fsp3) is 0.400. The summed E-state index contributed by atoms with van der Waals surface area (Å²) in [5, 5.41) is 13.6. The van der Waals surface area contributed by atoms with Crippen LogP contribution < -0.4 is 21.0 Å². The Kier molecular flexibility index (Phi) is 8.59. The fourth-order valence-corrected chi connectivity index (χ4v) is 6.08. The zero-order valence-corrected chi connectivity index (χ0v) is 23.1. The van der Waals surface area contributed by atoms with Gasteiger partial charge in [-0.05, 0) is 69.8 Å². The number of likely N-dealkylation sites (N-methyl/N-ethyl adjacent to an activating group) is 2. The van der Waals surface area contributed by atoms with Crippen LogP contribution in [0.1, 0.15) is 30.0 Å². The molecule has 2 aromatic carbocycles. The van der Waals surface area contributed by atoms with Crippen LogP contribution in [0.5, 0.6) is 0 Å². The largest absolute Gasteiger partial charge is 0.326 e. The number of hydrazone groups is 1. The van der Waals surface area contributed by atoms with Crippen molar-refractivity contribution >= 4 is 58.5 Å². The summed E-state index contributed by atoms with van der Waals surface area (Å²) in [6, 6.07) is 12.0. The van der Waals surface area contributed by atoms with E-state index in [1.807, 2.05) is 39.2 Å². The second-order valence-electron chi connectivity index (χ2n) is 8.37. The molecule has 3 N–H and O–H groups in total. The molecule has 0 spiro atoms. The molecule has 0 aliphatic carbocycles. The second-order valence-corrected chi connectivity index (χ2v) is 10.5. The van der Waals surface area contributed by atoms with Gasteiger partial charge in [0.25, 0.3) is 0 Å². The molecular formula is C25H31Cl2N7OS. The maximum Gasteiger partial charge on any atom is 0.168 e. The quantitative estimate of drug-likeness (QED) is 0.211. The molecule has 2 aliphatic rings. The van der Waals surface area contributed by atoms with Crippen LogP contribution in [0.2, 0.25) is 10.0 Å². The van der Waals surface area contributed by atoms with Crippen molar-refractivity contribution in [2.45, 2.75) is 30.1 Å². The average Bonchev–Trinajstić information content (AvgIpc) is 2.91. The van der Waals surface area contributed by atoms with E-state index in [1.54, 1.807) is 12.2 Å². The summed E-state index contributed by atoms with van der Waals surface area (Å²) in [6.07, 6.45) is 2.81. The Morgan fingerprint density at radius 1 is 1.19 bits per heavy atom. The molecule has 8 nitrogen and oxygen atoms in total. The molecular weight excluding hydrogens is 517 g/mol. The first kappa shape index (κ1) is 26.9. The van der Waals surface area contributed by atoms with Gasteiger partial charge in [-0.1, -0.05) is 41.0 Å². The standard InChI is InChI=1S/C25H31Cl2N7OS/c1-5-31-24(18-8-10-19(26)20(27)14-18)33-12-6-7-16-13-17(9-11-21(16)33)23-25(28-2,29-3)36-22(15-35)34(30-4)32-23/h8-11,13-15,22,28-30H,5-7,12H2,1-4H3. The van der Waals surface area contributed by atoms with Gasteiger partial charge < -0.3 is 4.90 Å². The van der Waals surface area contributed by atoms with Crippen LogP contribution in [0, 0.1) is 0 Å². The van der Waals surface area contributed by atoms with Crippen molar-refractivity contribution in [1.82, 2.24) is 21.2 Å². The normalized spacial score (nSPS) is 19.7. The van der Waals surface area contributed by atoms with Crippen LogP contribution in [0.15, 0.2) is 46.5 Å². The van der Waals surface area contributed by atoms with E-state index in [4.69, 9.17) is 33.3 Å². The minimum absolute atomic E-state index is 0.481. The molecule has 0 saturated carbocycles. The second kappa shape index (κ2) is 11.5. The van der Waals surface area contributed by atoms with Gasteiger partial charge in [-0.25, -0.2) is 10.5 Å². The monoisotopic (exact) mass is 547 g/mol. The molecule has 4 rings (SSSR count). The number of aldehydes is 1. The van der Waals surface area contributed by atoms with Crippen LogP contribution in [0.3, 0.4) is 0 Å². The Balaban J connectivity index is 1.77. The number of hydrogen-bond acceptors (Lipinski definition) is 8.